The smallest absolute Gasteiger partial charge is 0.338 e. The van der Waals surface area contributed by atoms with Gasteiger partial charge in [-0.1, -0.05) is 6.07 Å². The van der Waals surface area contributed by atoms with Crippen LogP contribution >= 0.6 is 12.4 Å². The number of halogens is 4. The molecule has 2 aliphatic heterocycles. The normalized spacial score (nSPS) is 20.7. The Labute approximate surface area is 155 Å². The summed E-state index contributed by atoms with van der Waals surface area (Å²) in [6.45, 7) is 2.30. The molecule has 0 aromatic heterocycles. The first kappa shape index (κ1) is 20.5. The molecule has 5 nitrogen and oxygen atoms in total. The lowest BCUT2D eigenvalue weighted by molar-refractivity contribution is -0.137. The van der Waals surface area contributed by atoms with E-state index in [4.69, 9.17) is 0 Å². The maximum absolute atomic E-state index is 12.8. The number of alkyl halides is 3. The van der Waals surface area contributed by atoms with Crippen LogP contribution in [-0.2, 0) is 11.0 Å². The first-order chi connectivity index (χ1) is 11.9. The third kappa shape index (κ3) is 4.48. The number of hydrogen-bond donors (Lipinski definition) is 1. The number of nitrogens with one attached hydrogen (secondary N) is 1. The fourth-order valence-electron chi connectivity index (χ4n) is 3.26. The number of benzene rings is 1. The molecule has 3 rings (SSSR count). The highest BCUT2D eigenvalue weighted by Gasteiger charge is 2.33. The summed E-state index contributed by atoms with van der Waals surface area (Å²) in [5.74, 6) is -0.388. The molecule has 0 saturated carbocycles. The fraction of sp³-hybridized carbons (Fsp3) is 0.529. The predicted octanol–water partition coefficient (Wildman–Crippen LogP) is 2.16. The molecular weight excluding hydrogens is 371 g/mol. The molecule has 1 N–H and O–H groups in total. The number of carbonyl (C=O) groups excluding carboxylic acids is 2. The van der Waals surface area contributed by atoms with E-state index < -0.39 is 17.6 Å². The number of amides is 2. The molecule has 26 heavy (non-hydrogen) atoms. The Balaban J connectivity index is 0.00000243. The number of nitrogens with zero attached hydrogens (tertiary/aromatic N) is 2. The van der Waals surface area contributed by atoms with Gasteiger partial charge in [-0.25, -0.2) is 0 Å². The Morgan fingerprint density at radius 1 is 1.08 bits per heavy atom. The van der Waals surface area contributed by atoms with Crippen LogP contribution in [0.4, 0.5) is 13.2 Å². The van der Waals surface area contributed by atoms with Gasteiger partial charge < -0.3 is 15.1 Å². The Morgan fingerprint density at radius 3 is 2.31 bits per heavy atom. The zero-order chi connectivity index (χ0) is 18.0. The number of hydrogen-bond acceptors (Lipinski definition) is 3. The van der Waals surface area contributed by atoms with Crippen LogP contribution in [0.5, 0.6) is 0 Å². The maximum Gasteiger partial charge on any atom is 0.416 e. The summed E-state index contributed by atoms with van der Waals surface area (Å²) < 4.78 is 38.4. The van der Waals surface area contributed by atoms with E-state index in [0.29, 0.717) is 26.2 Å². The van der Waals surface area contributed by atoms with Gasteiger partial charge in [-0.05, 0) is 37.6 Å². The van der Waals surface area contributed by atoms with Crippen molar-refractivity contribution in [2.75, 3.05) is 32.7 Å². The third-order valence-electron chi connectivity index (χ3n) is 4.67. The zero-order valence-electron chi connectivity index (χ0n) is 14.1. The molecular formula is C17H21ClF3N3O2. The summed E-state index contributed by atoms with van der Waals surface area (Å²) in [5.41, 5.74) is -0.813. The second-order valence-electron chi connectivity index (χ2n) is 6.34. The first-order valence-electron chi connectivity index (χ1n) is 8.35. The molecule has 2 amide bonds. The summed E-state index contributed by atoms with van der Waals surface area (Å²) in [5, 5.41) is 3.16. The van der Waals surface area contributed by atoms with Crippen LogP contribution in [0.15, 0.2) is 24.3 Å². The van der Waals surface area contributed by atoms with Gasteiger partial charge in [0.25, 0.3) is 5.91 Å². The molecule has 2 fully saturated rings. The van der Waals surface area contributed by atoms with Gasteiger partial charge in [0, 0.05) is 31.7 Å². The average molecular weight is 392 g/mol. The van der Waals surface area contributed by atoms with E-state index in [1.807, 2.05) is 0 Å². The number of rotatable bonds is 2. The molecule has 1 aromatic rings. The lowest BCUT2D eigenvalue weighted by atomic mass is 10.1. The van der Waals surface area contributed by atoms with Gasteiger partial charge in [0.15, 0.2) is 0 Å². The largest absolute Gasteiger partial charge is 0.416 e. The molecule has 0 bridgehead atoms. The quantitative estimate of drug-likeness (QED) is 0.840. The van der Waals surface area contributed by atoms with Gasteiger partial charge in [-0.3, -0.25) is 9.59 Å². The summed E-state index contributed by atoms with van der Waals surface area (Å²) in [6, 6.07) is 4.30. The minimum Gasteiger partial charge on any atom is -0.338 e. The van der Waals surface area contributed by atoms with Crippen molar-refractivity contribution >= 4 is 24.2 Å². The lowest BCUT2D eigenvalue weighted by Gasteiger charge is -2.36. The van der Waals surface area contributed by atoms with Crippen LogP contribution in [0.25, 0.3) is 0 Å². The summed E-state index contributed by atoms with van der Waals surface area (Å²) in [7, 11) is 0. The second kappa shape index (κ2) is 8.26. The number of piperazine rings is 1. The second-order valence-corrected chi connectivity index (χ2v) is 6.34. The fourth-order valence-corrected chi connectivity index (χ4v) is 3.26. The Kier molecular flexibility index (Phi) is 6.52. The monoisotopic (exact) mass is 391 g/mol. The van der Waals surface area contributed by atoms with Crippen LogP contribution < -0.4 is 5.32 Å². The van der Waals surface area contributed by atoms with E-state index in [-0.39, 0.29) is 29.9 Å². The Hall–Kier alpha value is -1.80. The van der Waals surface area contributed by atoms with E-state index in [1.165, 1.54) is 17.0 Å². The predicted molar refractivity (Wildman–Crippen MR) is 92.2 cm³/mol. The van der Waals surface area contributed by atoms with Gasteiger partial charge in [-0.2, -0.15) is 13.2 Å². The molecule has 0 spiro atoms. The van der Waals surface area contributed by atoms with Gasteiger partial charge in [0.2, 0.25) is 5.91 Å². The van der Waals surface area contributed by atoms with Crippen LogP contribution in [0.3, 0.4) is 0 Å². The highest BCUT2D eigenvalue weighted by atomic mass is 35.5. The molecule has 2 aliphatic rings. The van der Waals surface area contributed by atoms with Crippen LogP contribution in [0.1, 0.15) is 28.8 Å². The maximum atomic E-state index is 12.8. The van der Waals surface area contributed by atoms with Gasteiger partial charge in [0.1, 0.15) is 0 Å². The van der Waals surface area contributed by atoms with Gasteiger partial charge in [0.05, 0.1) is 11.6 Å². The van der Waals surface area contributed by atoms with E-state index in [2.05, 4.69) is 5.32 Å². The zero-order valence-corrected chi connectivity index (χ0v) is 14.9. The molecule has 2 heterocycles. The van der Waals surface area contributed by atoms with Crippen LogP contribution in [0.2, 0.25) is 0 Å². The Bertz CT molecular complexity index is 655. The molecule has 144 valence electrons. The van der Waals surface area contributed by atoms with Crippen molar-refractivity contribution in [1.29, 1.82) is 0 Å². The van der Waals surface area contributed by atoms with E-state index >= 15 is 0 Å². The van der Waals surface area contributed by atoms with Gasteiger partial charge >= 0.3 is 6.18 Å². The van der Waals surface area contributed by atoms with E-state index in [1.54, 1.807) is 4.90 Å². The van der Waals surface area contributed by atoms with Crippen molar-refractivity contribution in [2.24, 2.45) is 0 Å². The van der Waals surface area contributed by atoms with Gasteiger partial charge in [-0.15, -0.1) is 12.4 Å². The van der Waals surface area contributed by atoms with Crippen molar-refractivity contribution in [2.45, 2.75) is 25.1 Å². The molecule has 1 aromatic carbocycles. The summed E-state index contributed by atoms with van der Waals surface area (Å²) in [4.78, 5) is 28.0. The van der Waals surface area contributed by atoms with Crippen molar-refractivity contribution in [1.82, 2.24) is 15.1 Å². The minimum atomic E-state index is -4.48. The molecule has 0 aliphatic carbocycles. The first-order valence-corrected chi connectivity index (χ1v) is 8.35. The molecule has 1 atom stereocenters. The highest BCUT2D eigenvalue weighted by Crippen LogP contribution is 2.29. The van der Waals surface area contributed by atoms with E-state index in [0.717, 1.165) is 31.5 Å². The molecule has 9 heteroatoms. The standard InChI is InChI=1S/C17H20F3N3O2.ClH/c18-17(19,20)13-4-1-3-12(11-13)15(24)22-7-9-23(10-8-22)16(25)14-5-2-6-21-14;/h1,3-4,11,14,21H,2,5-10H2;1H. The van der Waals surface area contributed by atoms with Crippen LogP contribution in [-0.4, -0.2) is 60.4 Å². The minimum absolute atomic E-state index is 0. The van der Waals surface area contributed by atoms with Crippen molar-refractivity contribution < 1.29 is 22.8 Å². The topological polar surface area (TPSA) is 52.7 Å². The molecule has 1 unspecified atom stereocenters. The third-order valence-corrected chi connectivity index (χ3v) is 4.67. The average Bonchev–Trinajstić information content (AvgIpc) is 3.15. The lowest BCUT2D eigenvalue weighted by Crippen LogP contribution is -2.54. The van der Waals surface area contributed by atoms with Crippen molar-refractivity contribution in [3.05, 3.63) is 35.4 Å². The van der Waals surface area contributed by atoms with E-state index in [9.17, 15) is 22.8 Å². The summed E-state index contributed by atoms with van der Waals surface area (Å²) in [6.07, 6.45) is -2.68. The number of carbonyl (C=O) groups is 2. The molecule has 2 saturated heterocycles. The van der Waals surface area contributed by atoms with Crippen molar-refractivity contribution in [3.63, 3.8) is 0 Å². The highest BCUT2D eigenvalue weighted by molar-refractivity contribution is 5.94. The molecule has 0 radical (unpaired) electrons. The Morgan fingerprint density at radius 2 is 1.73 bits per heavy atom. The van der Waals surface area contributed by atoms with Crippen molar-refractivity contribution in [3.8, 4) is 0 Å². The van der Waals surface area contributed by atoms with Crippen LogP contribution in [0, 0.1) is 0 Å². The summed E-state index contributed by atoms with van der Waals surface area (Å²) >= 11 is 0. The SMILES string of the molecule is Cl.O=C(c1cccc(C(F)(F)F)c1)N1CCN(C(=O)C2CCCN2)CC1.